The maximum Gasteiger partial charge on any atom is 1.00 e. The van der Waals surface area contributed by atoms with Crippen LogP contribution in [0.4, 0.5) is 0 Å². The molecule has 0 amide bonds. The van der Waals surface area contributed by atoms with E-state index in [9.17, 15) is 73.9 Å². The molecule has 0 aromatic heterocycles. The van der Waals surface area contributed by atoms with Gasteiger partial charge in [0.1, 0.15) is 97.2 Å². The molecule has 4 aliphatic carbocycles. The van der Waals surface area contributed by atoms with Gasteiger partial charge >= 0.3 is 29.6 Å². The Bertz CT molecular complexity index is 2490. The Morgan fingerprint density at radius 3 is 1.78 bits per heavy atom. The number of aliphatic hydroxyl groups is 11. The number of carbonyl (C=O) groups is 1. The van der Waals surface area contributed by atoms with Crippen molar-refractivity contribution in [1.29, 1.82) is 0 Å². The van der Waals surface area contributed by atoms with Crippen molar-refractivity contribution in [2.75, 3.05) is 13.7 Å². The average Bonchev–Trinajstić information content (AvgIpc) is 1.32. The van der Waals surface area contributed by atoms with Crippen molar-refractivity contribution in [2.24, 2.45) is 34.5 Å². The third-order valence-corrected chi connectivity index (χ3v) is 21.0. The molecule has 9 rings (SSSR count). The Morgan fingerprint density at radius 1 is 0.651 bits per heavy atom. The summed E-state index contributed by atoms with van der Waals surface area (Å²) in [6, 6.07) is 0. The standard InChI is InChI=1S/C57H92O27S.Na/c1-22(2)11-14-35(58)57(9,69)34-13-12-29-28-20-32(31-19-27(84-85(70,71)72)15-17-55(31,7)30(28)16-18-56(29,34)8)79-51-45(68)47(39(62)26(6)76-51)81-53-48(82-52-44(67)46(73-10)38(61)25(5)77-52)40(63)33(21-74-53)80-54-49(42(65)37(60)24(4)78-54)83-50-43(66)41(64)36(59)23(3)75-50;/h11,16,23-29,31-34,36-54,59-69H,12-15,17-21H2,1-10H3,(H,70,71,72);/q;+1/p-1/t23-,24-,25-,26-,27+,28+,29+,31-,32+,33-,34+,36+,37-,38-,39-,40+,41+,42+,43-,44-,45-,46+,47+,48-,49-,50+,51+,52+,53+,54+,55-,56+,57-;/m1./s1. The molecule has 5 heterocycles. The number of Topliss-reactive ketones (excluding diaryl/α,β-unsaturated/α-hetero) is 1. The summed E-state index contributed by atoms with van der Waals surface area (Å²) >= 11 is 0. The van der Waals surface area contributed by atoms with E-state index in [1.54, 1.807) is 6.92 Å². The van der Waals surface area contributed by atoms with E-state index < -0.39 is 205 Å². The summed E-state index contributed by atoms with van der Waals surface area (Å²) < 4.78 is 108. The van der Waals surface area contributed by atoms with E-state index in [0.29, 0.717) is 32.1 Å². The molecule has 0 unspecified atom stereocenters. The van der Waals surface area contributed by atoms with Gasteiger partial charge in [0, 0.05) is 19.4 Å². The Balaban J connectivity index is 0.00000961. The minimum absolute atomic E-state index is 0. The van der Waals surface area contributed by atoms with E-state index in [4.69, 9.17) is 56.3 Å². The molecule has 0 aromatic carbocycles. The third kappa shape index (κ3) is 13.9. The summed E-state index contributed by atoms with van der Waals surface area (Å²) in [4.78, 5) is 13.7. The molecule has 488 valence electrons. The molecule has 0 radical (unpaired) electrons. The zero-order chi connectivity index (χ0) is 62.3. The topological polar surface area (TPSA) is 408 Å². The van der Waals surface area contributed by atoms with Crippen LogP contribution in [0.25, 0.3) is 0 Å². The fraction of sp³-hybridized carbons (Fsp3) is 0.912. The molecular weight excluding hydrogens is 1170 g/mol. The van der Waals surface area contributed by atoms with E-state index >= 15 is 0 Å². The average molecular weight is 1260 g/mol. The molecule has 5 saturated heterocycles. The first-order valence-electron chi connectivity index (χ1n) is 29.8. The number of rotatable bonds is 17. The number of hydrogen-bond donors (Lipinski definition) is 11. The van der Waals surface area contributed by atoms with Crippen molar-refractivity contribution in [3.8, 4) is 0 Å². The predicted octanol–water partition coefficient (Wildman–Crippen LogP) is -4.41. The minimum Gasteiger partial charge on any atom is -0.726 e. The van der Waals surface area contributed by atoms with Crippen molar-refractivity contribution in [3.05, 3.63) is 23.3 Å². The molecule has 5 aliphatic heterocycles. The van der Waals surface area contributed by atoms with Crippen LogP contribution < -0.4 is 29.6 Å². The van der Waals surface area contributed by atoms with Crippen molar-refractivity contribution in [2.45, 2.75) is 279 Å². The van der Waals surface area contributed by atoms with E-state index in [2.05, 4.69) is 19.9 Å². The van der Waals surface area contributed by atoms with Gasteiger partial charge in [0.2, 0.25) is 10.4 Å². The number of fused-ring (bicyclic) bond motifs is 5. The molecule has 0 spiro atoms. The van der Waals surface area contributed by atoms with Gasteiger partial charge in [-0.1, -0.05) is 37.1 Å². The molecule has 27 nitrogen and oxygen atoms in total. The van der Waals surface area contributed by atoms with Crippen LogP contribution in [0, 0.1) is 34.5 Å². The molecule has 9 aliphatic rings. The molecule has 0 bridgehead atoms. The van der Waals surface area contributed by atoms with Gasteiger partial charge in [0.15, 0.2) is 37.2 Å². The Hall–Kier alpha value is -0.860. The van der Waals surface area contributed by atoms with Gasteiger partial charge in [-0.25, -0.2) is 8.42 Å². The third-order valence-electron chi connectivity index (χ3n) is 20.5. The number of aliphatic hydroxyl groups excluding tert-OH is 10. The maximum atomic E-state index is 13.7. The van der Waals surface area contributed by atoms with Crippen molar-refractivity contribution in [3.63, 3.8) is 0 Å². The van der Waals surface area contributed by atoms with Crippen molar-refractivity contribution < 1.29 is 160 Å². The van der Waals surface area contributed by atoms with Crippen LogP contribution in [-0.4, -0.2) is 254 Å². The second kappa shape index (κ2) is 27.6. The number of hydrogen-bond acceptors (Lipinski definition) is 27. The van der Waals surface area contributed by atoms with Crippen LogP contribution in [-0.2, 0) is 71.5 Å². The van der Waals surface area contributed by atoms with Crippen LogP contribution >= 0.6 is 0 Å². The van der Waals surface area contributed by atoms with E-state index in [-0.39, 0.29) is 66.4 Å². The number of carbonyl (C=O) groups excluding carboxylic acids is 1. The Labute approximate surface area is 523 Å². The number of methoxy groups -OCH3 is 1. The molecule has 11 N–H and O–H groups in total. The van der Waals surface area contributed by atoms with Gasteiger partial charge in [-0.15, -0.1) is 0 Å². The number of ketones is 1. The second-order valence-electron chi connectivity index (χ2n) is 26.2. The summed E-state index contributed by atoms with van der Waals surface area (Å²) in [6.07, 6.45) is -32.8. The summed E-state index contributed by atoms with van der Waals surface area (Å²) in [6.45, 7) is 14.8. The minimum atomic E-state index is -5.13. The predicted molar refractivity (Wildman–Crippen MR) is 287 cm³/mol. The van der Waals surface area contributed by atoms with Gasteiger partial charge in [-0.3, -0.25) is 8.98 Å². The SMILES string of the molecule is CO[C@@H]1[C@@H](O)[C@H](O[C@H]2[C@H](O[C@@H]3[C@@H](O)[C@H](O[C@H]4C[C@@H]5C(=CC[C@@]6(C)[C@H]5CC[C@@H]6[C@@](C)(O)C(=O)CC=C(C)C)[C@@]5(C)CC[C@H](OS(=O)(=O)[O-])C[C@H]45)O[C@H](C)[C@H]3O)OC[C@@H](O[C@@H]3O[C@H](C)[C@@H](O)[C@H](O)[C@H]3O[C@@H]3O[C@H](C)[C@H](O)[C@H](O)[C@H]3O)[C@@H]2O)O[C@H](C)[C@H]1O.[Na+]. The molecule has 0 aromatic rings. The fourth-order valence-electron chi connectivity index (χ4n) is 15.5. The number of allylic oxidation sites excluding steroid dienone is 4. The summed E-state index contributed by atoms with van der Waals surface area (Å²) in [7, 11) is -3.89. The molecule has 86 heavy (non-hydrogen) atoms. The summed E-state index contributed by atoms with van der Waals surface area (Å²) in [5.41, 5.74) is -0.778. The van der Waals surface area contributed by atoms with Crippen LogP contribution in [0.1, 0.15) is 114 Å². The largest absolute Gasteiger partial charge is 1.00 e. The van der Waals surface area contributed by atoms with Gasteiger partial charge in [-0.2, -0.15) is 0 Å². The first-order valence-corrected chi connectivity index (χ1v) is 31.1. The molecular formula is C57H91NaO27S. The van der Waals surface area contributed by atoms with Gasteiger partial charge in [-0.05, 0) is 122 Å². The van der Waals surface area contributed by atoms with E-state index in [1.165, 1.54) is 34.8 Å². The van der Waals surface area contributed by atoms with Crippen LogP contribution in [0.15, 0.2) is 23.3 Å². The second-order valence-corrected chi connectivity index (χ2v) is 27.2. The normalized spacial score (nSPS) is 50.5. The van der Waals surface area contributed by atoms with Crippen LogP contribution in [0.5, 0.6) is 0 Å². The Kier molecular flexibility index (Phi) is 22.8. The van der Waals surface area contributed by atoms with Gasteiger partial charge in [0.05, 0.1) is 43.2 Å². The van der Waals surface area contributed by atoms with Crippen LogP contribution in [0.3, 0.4) is 0 Å². The van der Waals surface area contributed by atoms with Gasteiger partial charge < -0.3 is 113 Å². The molecule has 29 heteroatoms. The maximum absolute atomic E-state index is 13.7. The van der Waals surface area contributed by atoms with Crippen molar-refractivity contribution in [1.82, 2.24) is 0 Å². The first-order chi connectivity index (χ1) is 39.7. The summed E-state index contributed by atoms with van der Waals surface area (Å²) in [5, 5.41) is 125. The van der Waals surface area contributed by atoms with Gasteiger partial charge in [0.25, 0.3) is 0 Å². The van der Waals surface area contributed by atoms with Crippen LogP contribution in [0.2, 0.25) is 0 Å². The summed E-state index contributed by atoms with van der Waals surface area (Å²) in [5.74, 6) is -1.44. The monoisotopic (exact) mass is 1260 g/mol. The van der Waals surface area contributed by atoms with E-state index in [0.717, 1.165) is 11.1 Å². The van der Waals surface area contributed by atoms with E-state index in [1.807, 2.05) is 19.9 Å². The molecule has 8 fully saturated rings. The van der Waals surface area contributed by atoms with Crippen molar-refractivity contribution >= 4 is 16.2 Å². The zero-order valence-corrected chi connectivity index (χ0v) is 53.5. The fourth-order valence-corrected chi connectivity index (χ4v) is 16.0. The smallest absolute Gasteiger partial charge is 0.726 e. The molecule has 3 saturated carbocycles. The first kappa shape index (κ1) is 71.0. The number of ether oxygens (including phenoxy) is 11. The Morgan fingerprint density at radius 2 is 1.17 bits per heavy atom. The zero-order valence-electron chi connectivity index (χ0n) is 50.7. The quantitative estimate of drug-likeness (QED) is 0.0283. The molecule has 33 atom stereocenters.